The second-order valence-electron chi connectivity index (χ2n) is 3.62. The molecule has 1 aromatic rings. The molecule has 74 valence electrons. The third-order valence-corrected chi connectivity index (χ3v) is 2.58. The maximum Gasteiger partial charge on any atom is 0.337 e. The van der Waals surface area contributed by atoms with Crippen molar-refractivity contribution >= 4 is 5.97 Å². The quantitative estimate of drug-likeness (QED) is 0.716. The molecule has 2 atom stereocenters. The molecule has 3 heteroatoms. The Hall–Kier alpha value is -1.35. The molecule has 0 saturated heterocycles. The number of ether oxygens (including phenoxy) is 1. The molecule has 0 bridgehead atoms. The summed E-state index contributed by atoms with van der Waals surface area (Å²) in [5.74, 6) is 0.140. The summed E-state index contributed by atoms with van der Waals surface area (Å²) in [6.07, 6.45) is 1.02. The number of nitrogens with two attached hydrogens (primary N) is 1. The lowest BCUT2D eigenvalue weighted by molar-refractivity contribution is 0.0600. The fourth-order valence-corrected chi connectivity index (χ4v) is 1.61. The molecule has 0 spiro atoms. The van der Waals surface area contributed by atoms with E-state index < -0.39 is 0 Å². The molecule has 3 nitrogen and oxygen atoms in total. The van der Waals surface area contributed by atoms with Crippen molar-refractivity contribution in [3.05, 3.63) is 35.4 Å². The van der Waals surface area contributed by atoms with Crippen LogP contribution < -0.4 is 5.73 Å². The van der Waals surface area contributed by atoms with Gasteiger partial charge in [0, 0.05) is 12.0 Å². The standard InChI is InChI=1S/C11H13NO2/c1-14-11(13)8-4-2-3-7(5-8)9-6-10(9)12/h2-5,9-10H,6,12H2,1H3. The van der Waals surface area contributed by atoms with Crippen LogP contribution in [0.25, 0.3) is 0 Å². The van der Waals surface area contributed by atoms with Crippen LogP contribution in [-0.4, -0.2) is 19.1 Å². The molecule has 0 amide bonds. The third kappa shape index (κ3) is 1.63. The highest BCUT2D eigenvalue weighted by Crippen LogP contribution is 2.39. The van der Waals surface area contributed by atoms with Gasteiger partial charge in [-0.15, -0.1) is 0 Å². The smallest absolute Gasteiger partial charge is 0.337 e. The Labute approximate surface area is 82.9 Å². The van der Waals surface area contributed by atoms with Crippen LogP contribution in [0.1, 0.15) is 28.3 Å². The molecular formula is C11H13NO2. The van der Waals surface area contributed by atoms with Gasteiger partial charge < -0.3 is 10.5 Å². The van der Waals surface area contributed by atoms with Gasteiger partial charge in [-0.25, -0.2) is 4.79 Å². The first kappa shape index (κ1) is 9.21. The highest BCUT2D eigenvalue weighted by Gasteiger charge is 2.34. The van der Waals surface area contributed by atoms with Gasteiger partial charge >= 0.3 is 5.97 Å². The highest BCUT2D eigenvalue weighted by atomic mass is 16.5. The van der Waals surface area contributed by atoms with Crippen molar-refractivity contribution in [2.75, 3.05) is 7.11 Å². The highest BCUT2D eigenvalue weighted by molar-refractivity contribution is 5.89. The fraction of sp³-hybridized carbons (Fsp3) is 0.364. The zero-order valence-electron chi connectivity index (χ0n) is 8.07. The van der Waals surface area contributed by atoms with Gasteiger partial charge in [0.1, 0.15) is 0 Å². The van der Waals surface area contributed by atoms with Crippen LogP contribution in [0, 0.1) is 0 Å². The summed E-state index contributed by atoms with van der Waals surface area (Å²) in [4.78, 5) is 11.2. The van der Waals surface area contributed by atoms with Gasteiger partial charge in [0.15, 0.2) is 0 Å². The summed E-state index contributed by atoms with van der Waals surface area (Å²) in [6.45, 7) is 0. The molecule has 1 aliphatic rings. The van der Waals surface area contributed by atoms with Crippen LogP contribution >= 0.6 is 0 Å². The fourth-order valence-electron chi connectivity index (χ4n) is 1.61. The van der Waals surface area contributed by atoms with Gasteiger partial charge in [0.2, 0.25) is 0 Å². The van der Waals surface area contributed by atoms with Crippen molar-refractivity contribution in [3.8, 4) is 0 Å². The molecule has 0 heterocycles. The summed E-state index contributed by atoms with van der Waals surface area (Å²) in [6, 6.07) is 7.76. The minimum atomic E-state index is -0.291. The van der Waals surface area contributed by atoms with E-state index >= 15 is 0 Å². The summed E-state index contributed by atoms with van der Waals surface area (Å²) in [7, 11) is 1.39. The lowest BCUT2D eigenvalue weighted by atomic mass is 10.1. The van der Waals surface area contributed by atoms with E-state index in [9.17, 15) is 4.79 Å². The second kappa shape index (κ2) is 3.42. The van der Waals surface area contributed by atoms with Crippen LogP contribution in [0.5, 0.6) is 0 Å². The van der Waals surface area contributed by atoms with Crippen LogP contribution in [0.3, 0.4) is 0 Å². The Balaban J connectivity index is 2.23. The van der Waals surface area contributed by atoms with Crippen LogP contribution in [0.2, 0.25) is 0 Å². The van der Waals surface area contributed by atoms with Crippen molar-refractivity contribution in [2.24, 2.45) is 5.73 Å². The van der Waals surface area contributed by atoms with E-state index in [0.29, 0.717) is 11.5 Å². The van der Waals surface area contributed by atoms with Gasteiger partial charge in [-0.2, -0.15) is 0 Å². The van der Waals surface area contributed by atoms with Gasteiger partial charge in [0.05, 0.1) is 12.7 Å². The molecule has 1 fully saturated rings. The number of esters is 1. The molecule has 2 unspecified atom stereocenters. The molecule has 0 aromatic heterocycles. The van der Waals surface area contributed by atoms with Gasteiger partial charge in [-0.3, -0.25) is 0 Å². The summed E-state index contributed by atoms with van der Waals surface area (Å²) >= 11 is 0. The molecule has 1 aliphatic carbocycles. The van der Waals surface area contributed by atoms with Gasteiger partial charge in [-0.05, 0) is 24.1 Å². The largest absolute Gasteiger partial charge is 0.465 e. The minimum Gasteiger partial charge on any atom is -0.465 e. The molecule has 0 radical (unpaired) electrons. The van der Waals surface area contributed by atoms with E-state index in [-0.39, 0.29) is 12.0 Å². The monoisotopic (exact) mass is 191 g/mol. The van der Waals surface area contributed by atoms with Crippen molar-refractivity contribution in [3.63, 3.8) is 0 Å². The van der Waals surface area contributed by atoms with E-state index in [1.165, 1.54) is 7.11 Å². The predicted molar refractivity (Wildman–Crippen MR) is 53.1 cm³/mol. The number of methoxy groups -OCH3 is 1. The first-order chi connectivity index (χ1) is 6.72. The van der Waals surface area contributed by atoms with Crippen molar-refractivity contribution in [2.45, 2.75) is 18.4 Å². The van der Waals surface area contributed by atoms with Gasteiger partial charge in [-0.1, -0.05) is 12.1 Å². The second-order valence-corrected chi connectivity index (χ2v) is 3.62. The molecule has 14 heavy (non-hydrogen) atoms. The maximum absolute atomic E-state index is 11.2. The average molecular weight is 191 g/mol. The zero-order valence-corrected chi connectivity index (χ0v) is 8.07. The van der Waals surface area contributed by atoms with E-state index in [4.69, 9.17) is 5.73 Å². The van der Waals surface area contributed by atoms with Crippen LogP contribution in [0.15, 0.2) is 24.3 Å². The molecule has 1 saturated carbocycles. The molecule has 2 N–H and O–H groups in total. The summed E-state index contributed by atoms with van der Waals surface area (Å²) < 4.78 is 4.65. The Morgan fingerprint density at radius 1 is 1.57 bits per heavy atom. The molecule has 1 aromatic carbocycles. The summed E-state index contributed by atoms with van der Waals surface area (Å²) in [5.41, 5.74) is 7.48. The minimum absolute atomic E-state index is 0.267. The Morgan fingerprint density at radius 2 is 2.29 bits per heavy atom. The van der Waals surface area contributed by atoms with Crippen molar-refractivity contribution in [1.29, 1.82) is 0 Å². The molecule has 2 rings (SSSR count). The first-order valence-electron chi connectivity index (χ1n) is 4.66. The van der Waals surface area contributed by atoms with E-state index in [2.05, 4.69) is 4.74 Å². The number of benzene rings is 1. The molecular weight excluding hydrogens is 178 g/mol. The van der Waals surface area contributed by atoms with Crippen LogP contribution in [-0.2, 0) is 4.74 Å². The lowest BCUT2D eigenvalue weighted by Gasteiger charge is -2.02. The van der Waals surface area contributed by atoms with Crippen LogP contribution in [0.4, 0.5) is 0 Å². The van der Waals surface area contributed by atoms with E-state index in [0.717, 1.165) is 12.0 Å². The first-order valence-corrected chi connectivity index (χ1v) is 4.66. The Kier molecular flexibility index (Phi) is 2.25. The average Bonchev–Trinajstić information content (AvgIpc) is 2.95. The molecule has 0 aliphatic heterocycles. The zero-order chi connectivity index (χ0) is 10.1. The third-order valence-electron chi connectivity index (χ3n) is 2.58. The summed E-state index contributed by atoms with van der Waals surface area (Å²) in [5, 5.41) is 0. The van der Waals surface area contributed by atoms with E-state index in [1.54, 1.807) is 6.07 Å². The van der Waals surface area contributed by atoms with Gasteiger partial charge in [0.25, 0.3) is 0 Å². The lowest BCUT2D eigenvalue weighted by Crippen LogP contribution is -2.04. The van der Waals surface area contributed by atoms with Crippen molar-refractivity contribution < 1.29 is 9.53 Å². The maximum atomic E-state index is 11.2. The van der Waals surface area contributed by atoms with Crippen molar-refractivity contribution in [1.82, 2.24) is 0 Å². The number of rotatable bonds is 2. The number of carbonyl (C=O) groups is 1. The Bertz CT molecular complexity index is 362. The van der Waals surface area contributed by atoms with E-state index in [1.807, 2.05) is 18.2 Å². The number of hydrogen-bond acceptors (Lipinski definition) is 3. The number of carbonyl (C=O) groups excluding carboxylic acids is 1. The SMILES string of the molecule is COC(=O)c1cccc(C2CC2N)c1. The number of hydrogen-bond donors (Lipinski definition) is 1. The normalized spacial score (nSPS) is 24.4. The Morgan fingerprint density at radius 3 is 2.86 bits per heavy atom. The predicted octanol–water partition coefficient (Wildman–Crippen LogP) is 1.29. The topological polar surface area (TPSA) is 52.3 Å².